The van der Waals surface area contributed by atoms with Crippen LogP contribution in [0.25, 0.3) is 0 Å². The third kappa shape index (κ3) is 3.47. The van der Waals surface area contributed by atoms with Crippen molar-refractivity contribution in [1.82, 2.24) is 9.88 Å². The van der Waals surface area contributed by atoms with Gasteiger partial charge in [-0.05, 0) is 25.0 Å². The van der Waals surface area contributed by atoms with Crippen LogP contribution in [0.1, 0.15) is 29.4 Å². The monoisotopic (exact) mass is 297 g/mol. The molecule has 20 heavy (non-hydrogen) atoms. The second-order valence-electron chi connectivity index (χ2n) is 4.92. The van der Waals surface area contributed by atoms with Crippen molar-refractivity contribution in [3.05, 3.63) is 23.4 Å². The summed E-state index contributed by atoms with van der Waals surface area (Å²) in [6, 6.07) is 3.26. The molecule has 1 aromatic heterocycles. The molecule has 0 aromatic carbocycles. The van der Waals surface area contributed by atoms with Gasteiger partial charge in [-0.2, -0.15) is 0 Å². The van der Waals surface area contributed by atoms with Gasteiger partial charge in [0, 0.05) is 24.3 Å². The van der Waals surface area contributed by atoms with Crippen molar-refractivity contribution in [2.75, 3.05) is 30.3 Å². The zero-order chi connectivity index (χ0) is 14.8. The zero-order valence-electron chi connectivity index (χ0n) is 11.5. The topological polar surface area (TPSA) is 93.4 Å². The van der Waals surface area contributed by atoms with E-state index in [4.69, 9.17) is 5.73 Å². The highest BCUT2D eigenvalue weighted by Crippen LogP contribution is 2.14. The molecule has 2 heterocycles. The van der Waals surface area contributed by atoms with Crippen molar-refractivity contribution < 1.29 is 13.2 Å². The largest absolute Gasteiger partial charge is 0.384 e. The number of anilines is 1. The van der Waals surface area contributed by atoms with Crippen molar-refractivity contribution >= 4 is 21.6 Å². The number of hydrogen-bond acceptors (Lipinski definition) is 5. The van der Waals surface area contributed by atoms with Crippen LogP contribution in [0.2, 0.25) is 0 Å². The van der Waals surface area contributed by atoms with Crippen LogP contribution in [0.3, 0.4) is 0 Å². The summed E-state index contributed by atoms with van der Waals surface area (Å²) in [5.74, 6) is 0.316. The average Bonchev–Trinajstić information content (AvgIpc) is 2.58. The van der Waals surface area contributed by atoms with Crippen molar-refractivity contribution in [3.63, 3.8) is 0 Å². The predicted octanol–water partition coefficient (Wildman–Crippen LogP) is 0.487. The number of hydrogen-bond donors (Lipinski definition) is 1. The van der Waals surface area contributed by atoms with E-state index in [0.29, 0.717) is 30.8 Å². The van der Waals surface area contributed by atoms with Gasteiger partial charge in [0.15, 0.2) is 9.84 Å². The van der Waals surface area contributed by atoms with Crippen LogP contribution in [-0.2, 0) is 16.3 Å². The summed E-state index contributed by atoms with van der Waals surface area (Å²) in [5, 5.41) is 0. The van der Waals surface area contributed by atoms with Crippen molar-refractivity contribution in [1.29, 1.82) is 0 Å². The second kappa shape index (κ2) is 5.78. The van der Waals surface area contributed by atoms with Crippen LogP contribution in [0.5, 0.6) is 0 Å². The maximum atomic E-state index is 12.4. The first-order chi connectivity index (χ1) is 9.41. The highest BCUT2D eigenvalue weighted by atomic mass is 32.2. The molecule has 110 valence electrons. The zero-order valence-corrected chi connectivity index (χ0v) is 12.3. The van der Waals surface area contributed by atoms with Crippen LogP contribution in [-0.4, -0.2) is 48.8 Å². The van der Waals surface area contributed by atoms with Crippen LogP contribution in [0.4, 0.5) is 5.82 Å². The van der Waals surface area contributed by atoms with E-state index >= 15 is 0 Å². The molecule has 1 aromatic rings. The van der Waals surface area contributed by atoms with Gasteiger partial charge >= 0.3 is 0 Å². The summed E-state index contributed by atoms with van der Waals surface area (Å²) in [5.41, 5.74) is 6.94. The molecule has 1 aliphatic heterocycles. The number of nitrogens with two attached hydrogens (primary N) is 1. The minimum Gasteiger partial charge on any atom is -0.384 e. The third-order valence-corrected chi connectivity index (χ3v) is 5.07. The lowest BCUT2D eigenvalue weighted by Crippen LogP contribution is -2.33. The molecule has 7 heteroatoms. The molecule has 0 bridgehead atoms. The Morgan fingerprint density at radius 2 is 2.10 bits per heavy atom. The standard InChI is InChI=1S/C13H19N3O3S/c1-2-11-8-10(9-12(14)15-11)13(17)16-4-3-6-20(18,19)7-5-16/h8-9H,2-7H2,1H3,(H2,14,15). The lowest BCUT2D eigenvalue weighted by atomic mass is 10.1. The van der Waals surface area contributed by atoms with E-state index < -0.39 is 9.84 Å². The van der Waals surface area contributed by atoms with E-state index in [2.05, 4.69) is 4.98 Å². The van der Waals surface area contributed by atoms with E-state index in [1.54, 1.807) is 17.0 Å². The molecule has 0 saturated carbocycles. The van der Waals surface area contributed by atoms with E-state index in [1.165, 1.54) is 0 Å². The molecule has 2 N–H and O–H groups in total. The molecule has 0 aliphatic carbocycles. The maximum absolute atomic E-state index is 12.4. The number of rotatable bonds is 2. The van der Waals surface area contributed by atoms with E-state index in [-0.39, 0.29) is 24.0 Å². The fourth-order valence-corrected chi connectivity index (χ4v) is 3.51. The number of aromatic nitrogens is 1. The number of nitrogen functional groups attached to an aromatic ring is 1. The molecular weight excluding hydrogens is 278 g/mol. The van der Waals surface area contributed by atoms with Gasteiger partial charge in [-0.15, -0.1) is 0 Å². The minimum absolute atomic E-state index is 0.0277. The van der Waals surface area contributed by atoms with Gasteiger partial charge in [-0.25, -0.2) is 13.4 Å². The normalized spacial score (nSPS) is 18.6. The average molecular weight is 297 g/mol. The molecule has 0 unspecified atom stereocenters. The Morgan fingerprint density at radius 3 is 2.80 bits per heavy atom. The molecule has 1 aliphatic rings. The van der Waals surface area contributed by atoms with E-state index in [9.17, 15) is 13.2 Å². The van der Waals surface area contributed by atoms with Crippen LogP contribution in [0, 0.1) is 0 Å². The summed E-state index contributed by atoms with van der Waals surface area (Å²) in [6.45, 7) is 2.64. The first-order valence-corrected chi connectivity index (χ1v) is 8.49. The van der Waals surface area contributed by atoms with Gasteiger partial charge in [-0.3, -0.25) is 4.79 Å². The smallest absolute Gasteiger partial charge is 0.254 e. The first-order valence-electron chi connectivity index (χ1n) is 6.67. The summed E-state index contributed by atoms with van der Waals surface area (Å²) >= 11 is 0. The van der Waals surface area contributed by atoms with Gasteiger partial charge in [0.1, 0.15) is 5.82 Å². The summed E-state index contributed by atoms with van der Waals surface area (Å²) in [6.07, 6.45) is 1.18. The van der Waals surface area contributed by atoms with E-state index in [1.807, 2.05) is 6.92 Å². The Morgan fingerprint density at radius 1 is 1.35 bits per heavy atom. The van der Waals surface area contributed by atoms with Gasteiger partial charge in [0.25, 0.3) is 5.91 Å². The van der Waals surface area contributed by atoms with E-state index in [0.717, 1.165) is 5.69 Å². The fourth-order valence-electron chi connectivity index (χ4n) is 2.24. The van der Waals surface area contributed by atoms with Crippen molar-refractivity contribution in [2.45, 2.75) is 19.8 Å². The Hall–Kier alpha value is -1.63. The number of aryl methyl sites for hydroxylation is 1. The highest BCUT2D eigenvalue weighted by Gasteiger charge is 2.23. The number of pyridine rings is 1. The number of amides is 1. The molecule has 0 spiro atoms. The number of sulfone groups is 1. The fraction of sp³-hybridized carbons (Fsp3) is 0.538. The summed E-state index contributed by atoms with van der Waals surface area (Å²) in [4.78, 5) is 18.1. The number of carbonyl (C=O) groups is 1. The molecule has 0 atom stereocenters. The minimum atomic E-state index is -3.02. The van der Waals surface area contributed by atoms with Crippen LogP contribution in [0.15, 0.2) is 12.1 Å². The van der Waals surface area contributed by atoms with Gasteiger partial charge in [0.2, 0.25) is 0 Å². The molecule has 1 saturated heterocycles. The molecule has 2 rings (SSSR count). The van der Waals surface area contributed by atoms with Crippen molar-refractivity contribution in [3.8, 4) is 0 Å². The lowest BCUT2D eigenvalue weighted by molar-refractivity contribution is 0.0768. The Balaban J connectivity index is 2.21. The van der Waals surface area contributed by atoms with Gasteiger partial charge < -0.3 is 10.6 Å². The number of carbonyl (C=O) groups excluding carboxylic acids is 1. The molecule has 6 nitrogen and oxygen atoms in total. The Kier molecular flexibility index (Phi) is 4.27. The predicted molar refractivity (Wildman–Crippen MR) is 77.2 cm³/mol. The Bertz CT molecular complexity index is 613. The quantitative estimate of drug-likeness (QED) is 0.857. The molecular formula is C13H19N3O3S. The summed E-state index contributed by atoms with van der Waals surface area (Å²) < 4.78 is 23.1. The Labute approximate surface area is 118 Å². The number of nitrogens with zero attached hydrogens (tertiary/aromatic N) is 2. The third-order valence-electron chi connectivity index (χ3n) is 3.35. The van der Waals surface area contributed by atoms with Gasteiger partial charge in [-0.1, -0.05) is 6.92 Å². The SMILES string of the molecule is CCc1cc(C(=O)N2CCCS(=O)(=O)CC2)cc(N)n1. The first kappa shape index (κ1) is 14.8. The molecule has 0 radical (unpaired) electrons. The lowest BCUT2D eigenvalue weighted by Gasteiger charge is -2.20. The summed E-state index contributed by atoms with van der Waals surface area (Å²) in [7, 11) is -3.02. The van der Waals surface area contributed by atoms with Gasteiger partial charge in [0.05, 0.1) is 11.5 Å². The highest BCUT2D eigenvalue weighted by molar-refractivity contribution is 7.91. The molecule has 1 fully saturated rings. The second-order valence-corrected chi connectivity index (χ2v) is 7.23. The molecule has 1 amide bonds. The maximum Gasteiger partial charge on any atom is 0.254 e. The van der Waals surface area contributed by atoms with Crippen LogP contribution >= 0.6 is 0 Å². The van der Waals surface area contributed by atoms with Crippen LogP contribution < -0.4 is 5.73 Å². The van der Waals surface area contributed by atoms with Crippen molar-refractivity contribution in [2.24, 2.45) is 0 Å².